The lowest BCUT2D eigenvalue weighted by molar-refractivity contribution is -0.152. The van der Waals surface area contributed by atoms with Crippen molar-refractivity contribution >= 4 is 17.6 Å². The molecule has 0 fully saturated rings. The number of rotatable bonds is 8. The molecular weight excluding hydrogens is 332 g/mol. The first kappa shape index (κ1) is 18.1. The van der Waals surface area contributed by atoms with Gasteiger partial charge in [0.2, 0.25) is 0 Å². The van der Waals surface area contributed by atoms with Gasteiger partial charge >= 0.3 is 5.97 Å². The highest BCUT2D eigenvalue weighted by atomic mass is 35.5. The van der Waals surface area contributed by atoms with E-state index in [4.69, 9.17) is 25.8 Å². The van der Waals surface area contributed by atoms with E-state index in [1.807, 2.05) is 18.2 Å². The van der Waals surface area contributed by atoms with Crippen molar-refractivity contribution in [1.82, 2.24) is 0 Å². The molecule has 0 aliphatic heterocycles. The van der Waals surface area contributed by atoms with Crippen molar-refractivity contribution in [3.63, 3.8) is 0 Å². The van der Waals surface area contributed by atoms with Crippen LogP contribution in [0.2, 0.25) is 5.02 Å². The lowest BCUT2D eigenvalue weighted by atomic mass is 10.2. The number of ether oxygens (including phenoxy) is 3. The average molecular weight is 351 g/mol. The molecule has 2 aromatic carbocycles. The summed E-state index contributed by atoms with van der Waals surface area (Å²) in [4.78, 5) is 11.8. The smallest absolute Gasteiger partial charge is 0.347 e. The summed E-state index contributed by atoms with van der Waals surface area (Å²) in [5.41, 5.74) is 0.884. The van der Waals surface area contributed by atoms with E-state index in [-0.39, 0.29) is 19.0 Å². The molecule has 0 saturated carbocycles. The first-order valence-electron chi connectivity index (χ1n) is 7.49. The van der Waals surface area contributed by atoms with Gasteiger partial charge < -0.3 is 19.3 Å². The molecule has 1 unspecified atom stereocenters. The molecule has 1 atom stereocenters. The van der Waals surface area contributed by atoms with Gasteiger partial charge in [0.25, 0.3) is 0 Å². The van der Waals surface area contributed by atoms with E-state index < -0.39 is 12.1 Å². The Morgan fingerprint density at radius 3 is 2.54 bits per heavy atom. The summed E-state index contributed by atoms with van der Waals surface area (Å²) < 4.78 is 16.0. The Kier molecular flexibility index (Phi) is 6.90. The molecule has 128 valence electrons. The Balaban J connectivity index is 1.65. The molecule has 0 amide bonds. The molecule has 0 saturated heterocycles. The highest BCUT2D eigenvalue weighted by molar-refractivity contribution is 6.31. The fraction of sp³-hybridized carbons (Fsp3) is 0.278. The Bertz CT molecular complexity index is 657. The van der Waals surface area contributed by atoms with Crippen LogP contribution in [0.1, 0.15) is 12.5 Å². The Morgan fingerprint density at radius 1 is 1.12 bits per heavy atom. The van der Waals surface area contributed by atoms with Crippen LogP contribution in [0.3, 0.4) is 0 Å². The predicted octanol–water partition coefficient (Wildman–Crippen LogP) is 3.57. The number of hydrogen-bond acceptors (Lipinski definition) is 5. The topological polar surface area (TPSA) is 65.0 Å². The fourth-order valence-corrected chi connectivity index (χ4v) is 2.08. The zero-order chi connectivity index (χ0) is 17.4. The van der Waals surface area contributed by atoms with Crippen LogP contribution in [0.5, 0.6) is 11.5 Å². The third kappa shape index (κ3) is 5.76. The van der Waals surface area contributed by atoms with Gasteiger partial charge in [-0.1, -0.05) is 29.8 Å². The molecule has 0 aromatic heterocycles. The van der Waals surface area contributed by atoms with Gasteiger partial charge in [-0.15, -0.1) is 0 Å². The van der Waals surface area contributed by atoms with Crippen molar-refractivity contribution in [1.29, 1.82) is 0 Å². The van der Waals surface area contributed by atoms with E-state index in [1.54, 1.807) is 25.1 Å². The second kappa shape index (κ2) is 9.15. The molecule has 6 heteroatoms. The maximum absolute atomic E-state index is 11.8. The first-order chi connectivity index (χ1) is 11.6. The van der Waals surface area contributed by atoms with Gasteiger partial charge in [0.15, 0.2) is 6.10 Å². The summed E-state index contributed by atoms with van der Waals surface area (Å²) in [6.45, 7) is 2.35. The molecule has 0 aliphatic rings. The number of halogens is 1. The Hall–Kier alpha value is -2.24. The lowest BCUT2D eigenvalue weighted by Gasteiger charge is -2.14. The highest BCUT2D eigenvalue weighted by Crippen LogP contribution is 2.17. The number of carbonyl (C=O) groups excluding carboxylic acids is 1. The van der Waals surface area contributed by atoms with Gasteiger partial charge in [-0.2, -0.15) is 0 Å². The molecule has 0 aliphatic carbocycles. The van der Waals surface area contributed by atoms with E-state index in [1.165, 1.54) is 12.1 Å². The fourth-order valence-electron chi connectivity index (χ4n) is 1.89. The number of phenolic OH excluding ortho intramolecular Hbond substituents is 1. The van der Waals surface area contributed by atoms with E-state index in [0.29, 0.717) is 17.4 Å². The molecule has 5 nitrogen and oxygen atoms in total. The normalized spacial score (nSPS) is 11.8. The minimum atomic E-state index is -0.752. The summed E-state index contributed by atoms with van der Waals surface area (Å²) >= 11 is 6.02. The molecule has 0 bridgehead atoms. The van der Waals surface area contributed by atoms with Gasteiger partial charge in [-0.25, -0.2) is 4.79 Å². The minimum Gasteiger partial charge on any atom is -0.508 e. The van der Waals surface area contributed by atoms with Crippen LogP contribution in [0, 0.1) is 0 Å². The molecule has 24 heavy (non-hydrogen) atoms. The zero-order valence-corrected chi connectivity index (χ0v) is 14.0. The molecule has 1 N–H and O–H groups in total. The Morgan fingerprint density at radius 2 is 1.83 bits per heavy atom. The van der Waals surface area contributed by atoms with Crippen LogP contribution in [0.15, 0.2) is 48.5 Å². The first-order valence-corrected chi connectivity index (χ1v) is 7.87. The number of aromatic hydroxyl groups is 1. The summed E-state index contributed by atoms with van der Waals surface area (Å²) in [5.74, 6) is 0.130. The molecular formula is C18H19ClO5. The maximum atomic E-state index is 11.8. The van der Waals surface area contributed by atoms with Gasteiger partial charge in [-0.05, 0) is 42.8 Å². The third-order valence-electron chi connectivity index (χ3n) is 3.17. The van der Waals surface area contributed by atoms with Crippen LogP contribution < -0.4 is 4.74 Å². The summed E-state index contributed by atoms with van der Waals surface area (Å²) in [6.07, 6.45) is -0.752. The number of phenols is 1. The molecule has 0 heterocycles. The summed E-state index contributed by atoms with van der Waals surface area (Å²) in [6, 6.07) is 13.5. The largest absolute Gasteiger partial charge is 0.508 e. The lowest BCUT2D eigenvalue weighted by Crippen LogP contribution is -2.27. The maximum Gasteiger partial charge on any atom is 0.347 e. The second-order valence-corrected chi connectivity index (χ2v) is 5.47. The van der Waals surface area contributed by atoms with Gasteiger partial charge in [-0.3, -0.25) is 0 Å². The number of benzene rings is 2. The van der Waals surface area contributed by atoms with Gasteiger partial charge in [0.1, 0.15) is 18.1 Å². The molecule has 0 radical (unpaired) electrons. The highest BCUT2D eigenvalue weighted by Gasteiger charge is 2.16. The minimum absolute atomic E-state index is 0.132. The SMILES string of the molecule is CC(Oc1ccc(O)cc1)C(=O)OCCOCc1ccccc1Cl. The van der Waals surface area contributed by atoms with Crippen LogP contribution in [0.4, 0.5) is 0 Å². The molecule has 2 rings (SSSR count). The van der Waals surface area contributed by atoms with Gasteiger partial charge in [0, 0.05) is 5.02 Å². The van der Waals surface area contributed by atoms with E-state index in [9.17, 15) is 9.90 Å². The van der Waals surface area contributed by atoms with Crippen molar-refractivity contribution in [2.45, 2.75) is 19.6 Å². The summed E-state index contributed by atoms with van der Waals surface area (Å²) in [5, 5.41) is 9.84. The van der Waals surface area contributed by atoms with Crippen LogP contribution in [0.25, 0.3) is 0 Å². The van der Waals surface area contributed by atoms with Crippen LogP contribution in [-0.2, 0) is 20.9 Å². The van der Waals surface area contributed by atoms with Crippen molar-refractivity contribution < 1.29 is 24.1 Å². The van der Waals surface area contributed by atoms with Crippen LogP contribution >= 0.6 is 11.6 Å². The Labute approximate surface area is 145 Å². The number of esters is 1. The number of carbonyl (C=O) groups is 1. The van der Waals surface area contributed by atoms with Gasteiger partial charge in [0.05, 0.1) is 13.2 Å². The van der Waals surface area contributed by atoms with Crippen molar-refractivity contribution in [3.8, 4) is 11.5 Å². The predicted molar refractivity (Wildman–Crippen MR) is 90.3 cm³/mol. The second-order valence-electron chi connectivity index (χ2n) is 5.07. The monoisotopic (exact) mass is 350 g/mol. The number of hydrogen-bond donors (Lipinski definition) is 1. The van der Waals surface area contributed by atoms with Crippen molar-refractivity contribution in [3.05, 3.63) is 59.1 Å². The third-order valence-corrected chi connectivity index (χ3v) is 3.54. The van der Waals surface area contributed by atoms with E-state index in [0.717, 1.165) is 5.56 Å². The van der Waals surface area contributed by atoms with Crippen LogP contribution in [-0.4, -0.2) is 30.4 Å². The van der Waals surface area contributed by atoms with Crippen molar-refractivity contribution in [2.75, 3.05) is 13.2 Å². The molecule has 2 aromatic rings. The van der Waals surface area contributed by atoms with E-state index in [2.05, 4.69) is 0 Å². The summed E-state index contributed by atoms with van der Waals surface area (Å²) in [7, 11) is 0. The average Bonchev–Trinajstić information content (AvgIpc) is 2.58. The standard InChI is InChI=1S/C18H19ClO5/c1-13(24-16-8-6-15(20)7-9-16)18(21)23-11-10-22-12-14-4-2-3-5-17(14)19/h2-9,13,20H,10-12H2,1H3. The van der Waals surface area contributed by atoms with Crippen molar-refractivity contribution in [2.24, 2.45) is 0 Å². The van der Waals surface area contributed by atoms with E-state index >= 15 is 0 Å². The quantitative estimate of drug-likeness (QED) is 0.582. The molecule has 0 spiro atoms. The zero-order valence-electron chi connectivity index (χ0n) is 13.3.